The Bertz CT molecular complexity index is 444. The first kappa shape index (κ1) is 16.1. The molecule has 21 heavy (non-hydrogen) atoms. The summed E-state index contributed by atoms with van der Waals surface area (Å²) in [5.41, 5.74) is 2.73. The van der Waals surface area contributed by atoms with Gasteiger partial charge in [0.1, 0.15) is 0 Å². The van der Waals surface area contributed by atoms with Crippen LogP contribution in [0, 0.1) is 17.8 Å². The van der Waals surface area contributed by atoms with Crippen LogP contribution in [0.3, 0.4) is 0 Å². The van der Waals surface area contributed by atoms with Crippen LogP contribution in [0.2, 0.25) is 0 Å². The van der Waals surface area contributed by atoms with Gasteiger partial charge in [0.15, 0.2) is 0 Å². The molecule has 0 amide bonds. The summed E-state index contributed by atoms with van der Waals surface area (Å²) in [5.74, 6) is 0.820. The SMILES string of the molecule is C=C1CC/C=C(\C)CC[C@@H]2[C@H](CC/C=C\C)C(=O)OC[C@@H]12. The Hall–Kier alpha value is -1.31. The molecule has 0 radical (unpaired) electrons. The van der Waals surface area contributed by atoms with Crippen molar-refractivity contribution in [3.63, 3.8) is 0 Å². The van der Waals surface area contributed by atoms with E-state index in [4.69, 9.17) is 4.74 Å². The lowest BCUT2D eigenvalue weighted by molar-refractivity contribution is -0.160. The lowest BCUT2D eigenvalue weighted by Gasteiger charge is -2.38. The summed E-state index contributed by atoms with van der Waals surface area (Å²) >= 11 is 0. The van der Waals surface area contributed by atoms with Gasteiger partial charge in [-0.05, 0) is 58.3 Å². The highest BCUT2D eigenvalue weighted by molar-refractivity contribution is 5.73. The monoisotopic (exact) mass is 288 g/mol. The van der Waals surface area contributed by atoms with Gasteiger partial charge in [0.05, 0.1) is 12.5 Å². The van der Waals surface area contributed by atoms with Crippen molar-refractivity contribution in [2.24, 2.45) is 17.8 Å². The molecule has 1 fully saturated rings. The molecule has 2 rings (SSSR count). The minimum absolute atomic E-state index is 0.00873. The highest BCUT2D eigenvalue weighted by Crippen LogP contribution is 2.40. The van der Waals surface area contributed by atoms with Gasteiger partial charge < -0.3 is 4.74 Å². The summed E-state index contributed by atoms with van der Waals surface area (Å²) in [6.07, 6.45) is 12.7. The van der Waals surface area contributed by atoms with Crippen LogP contribution >= 0.6 is 0 Å². The van der Waals surface area contributed by atoms with E-state index in [0.29, 0.717) is 18.4 Å². The summed E-state index contributed by atoms with van der Waals surface area (Å²) in [6.45, 7) is 9.06. The number of fused-ring (bicyclic) bond motifs is 1. The molecule has 2 heteroatoms. The molecule has 0 aromatic rings. The van der Waals surface area contributed by atoms with Crippen LogP contribution in [-0.2, 0) is 9.53 Å². The minimum Gasteiger partial charge on any atom is -0.465 e. The maximum absolute atomic E-state index is 12.2. The van der Waals surface area contributed by atoms with Crippen molar-refractivity contribution in [2.75, 3.05) is 6.61 Å². The number of carbonyl (C=O) groups is 1. The zero-order valence-corrected chi connectivity index (χ0v) is 13.4. The summed E-state index contributed by atoms with van der Waals surface area (Å²) in [7, 11) is 0. The van der Waals surface area contributed by atoms with Gasteiger partial charge in [-0.15, -0.1) is 0 Å². The average molecular weight is 288 g/mol. The molecule has 0 spiro atoms. The van der Waals surface area contributed by atoms with Gasteiger partial charge in [0.2, 0.25) is 0 Å². The van der Waals surface area contributed by atoms with Crippen LogP contribution < -0.4 is 0 Å². The molecule has 0 saturated carbocycles. The van der Waals surface area contributed by atoms with E-state index >= 15 is 0 Å². The molecule has 1 heterocycles. The van der Waals surface area contributed by atoms with Crippen LogP contribution in [0.5, 0.6) is 0 Å². The Kier molecular flexibility index (Phi) is 5.84. The number of esters is 1. The van der Waals surface area contributed by atoms with Crippen LogP contribution in [0.1, 0.15) is 52.4 Å². The minimum atomic E-state index is 0.00873. The number of hydrogen-bond acceptors (Lipinski definition) is 2. The highest BCUT2D eigenvalue weighted by atomic mass is 16.5. The first-order chi connectivity index (χ1) is 10.1. The smallest absolute Gasteiger partial charge is 0.309 e. The third-order valence-corrected chi connectivity index (χ3v) is 4.98. The van der Waals surface area contributed by atoms with Crippen molar-refractivity contribution < 1.29 is 9.53 Å². The first-order valence-electron chi connectivity index (χ1n) is 8.24. The Labute approximate surface area is 129 Å². The van der Waals surface area contributed by atoms with Gasteiger partial charge in [-0.2, -0.15) is 0 Å². The van der Waals surface area contributed by atoms with Gasteiger partial charge in [-0.25, -0.2) is 0 Å². The molecule has 2 nitrogen and oxygen atoms in total. The lowest BCUT2D eigenvalue weighted by atomic mass is 9.72. The maximum Gasteiger partial charge on any atom is 0.309 e. The molecule has 1 aliphatic heterocycles. The fourth-order valence-electron chi connectivity index (χ4n) is 3.64. The van der Waals surface area contributed by atoms with E-state index in [1.807, 2.05) is 6.92 Å². The molecule has 0 bridgehead atoms. The topological polar surface area (TPSA) is 26.3 Å². The zero-order valence-electron chi connectivity index (χ0n) is 13.4. The normalized spacial score (nSPS) is 33.4. The van der Waals surface area contributed by atoms with E-state index < -0.39 is 0 Å². The van der Waals surface area contributed by atoms with Crippen LogP contribution in [0.15, 0.2) is 36.0 Å². The standard InChI is InChI=1S/C19H28O2/c1-4-5-6-10-17-16-12-11-14(2)8-7-9-15(3)18(16)13-21-19(17)20/h4-5,8,16-18H,3,6-7,9-13H2,1-2H3/b5-4-,14-8+/t16-,17+,18+/m1/s1. The Morgan fingerprint density at radius 3 is 3.00 bits per heavy atom. The van der Waals surface area contributed by atoms with Gasteiger partial charge in [0.25, 0.3) is 0 Å². The van der Waals surface area contributed by atoms with Crippen molar-refractivity contribution in [2.45, 2.75) is 52.4 Å². The molecular weight excluding hydrogens is 260 g/mol. The predicted molar refractivity (Wildman–Crippen MR) is 86.8 cm³/mol. The summed E-state index contributed by atoms with van der Waals surface area (Å²) < 4.78 is 5.48. The van der Waals surface area contributed by atoms with E-state index in [9.17, 15) is 4.79 Å². The van der Waals surface area contributed by atoms with Crippen molar-refractivity contribution in [3.05, 3.63) is 36.0 Å². The fourth-order valence-corrected chi connectivity index (χ4v) is 3.64. The Morgan fingerprint density at radius 1 is 1.43 bits per heavy atom. The third kappa shape index (κ3) is 4.09. The third-order valence-electron chi connectivity index (χ3n) is 4.98. The predicted octanol–water partition coefficient (Wildman–Crippen LogP) is 4.82. The number of cyclic esters (lactones) is 1. The summed E-state index contributed by atoms with van der Waals surface area (Å²) in [6, 6.07) is 0. The number of allylic oxidation sites excluding steroid dienone is 4. The molecule has 1 saturated heterocycles. The van der Waals surface area contributed by atoms with E-state index in [1.165, 1.54) is 11.1 Å². The molecular formula is C19H28O2. The number of rotatable bonds is 3. The van der Waals surface area contributed by atoms with Crippen molar-refractivity contribution >= 4 is 5.97 Å². The second-order valence-corrected chi connectivity index (χ2v) is 6.44. The maximum atomic E-state index is 12.2. The number of carbonyl (C=O) groups excluding carboxylic acids is 1. The molecule has 116 valence electrons. The molecule has 0 unspecified atom stereocenters. The molecule has 0 aromatic carbocycles. The quantitative estimate of drug-likeness (QED) is 0.549. The molecule has 1 aliphatic carbocycles. The Morgan fingerprint density at radius 2 is 2.24 bits per heavy atom. The fraction of sp³-hybridized carbons (Fsp3) is 0.632. The second-order valence-electron chi connectivity index (χ2n) is 6.44. The van der Waals surface area contributed by atoms with E-state index in [-0.39, 0.29) is 11.9 Å². The number of ether oxygens (including phenoxy) is 1. The summed E-state index contributed by atoms with van der Waals surface area (Å²) in [5, 5.41) is 0. The molecule has 3 atom stereocenters. The van der Waals surface area contributed by atoms with Crippen molar-refractivity contribution in [3.8, 4) is 0 Å². The first-order valence-corrected chi connectivity index (χ1v) is 8.24. The van der Waals surface area contributed by atoms with Crippen LogP contribution in [0.25, 0.3) is 0 Å². The highest BCUT2D eigenvalue weighted by Gasteiger charge is 2.40. The van der Waals surface area contributed by atoms with E-state index in [2.05, 4.69) is 31.7 Å². The van der Waals surface area contributed by atoms with Gasteiger partial charge in [-0.1, -0.05) is 36.0 Å². The van der Waals surface area contributed by atoms with E-state index in [0.717, 1.165) is 38.5 Å². The lowest BCUT2D eigenvalue weighted by Crippen LogP contribution is -2.40. The second kappa shape index (κ2) is 7.63. The molecule has 2 aliphatic rings. The Balaban J connectivity index is 2.16. The van der Waals surface area contributed by atoms with Crippen molar-refractivity contribution in [1.82, 2.24) is 0 Å². The molecule has 0 aromatic heterocycles. The largest absolute Gasteiger partial charge is 0.465 e. The number of hydrogen-bond donors (Lipinski definition) is 0. The van der Waals surface area contributed by atoms with Crippen LogP contribution in [-0.4, -0.2) is 12.6 Å². The van der Waals surface area contributed by atoms with Gasteiger partial charge >= 0.3 is 5.97 Å². The van der Waals surface area contributed by atoms with Crippen LogP contribution in [0.4, 0.5) is 0 Å². The zero-order chi connectivity index (χ0) is 15.2. The van der Waals surface area contributed by atoms with Gasteiger partial charge in [0, 0.05) is 5.92 Å². The van der Waals surface area contributed by atoms with Gasteiger partial charge in [-0.3, -0.25) is 4.79 Å². The average Bonchev–Trinajstić information content (AvgIpc) is 2.52. The summed E-state index contributed by atoms with van der Waals surface area (Å²) in [4.78, 5) is 12.2. The van der Waals surface area contributed by atoms with E-state index in [1.54, 1.807) is 0 Å². The molecule has 0 N–H and O–H groups in total. The van der Waals surface area contributed by atoms with Crippen molar-refractivity contribution in [1.29, 1.82) is 0 Å².